The van der Waals surface area contributed by atoms with Gasteiger partial charge in [0.05, 0.1) is 12.6 Å². The fraction of sp³-hybridized carbons (Fsp3) is 0.680. The number of rotatable bonds is 13. The molecular formula is C25H43N3O5. The molecule has 1 aromatic rings. The second kappa shape index (κ2) is 14.8. The number of carbonyl (C=O) groups excluding carboxylic acids is 2. The highest BCUT2D eigenvalue weighted by molar-refractivity contribution is 5.68. The van der Waals surface area contributed by atoms with Crippen LogP contribution in [0.4, 0.5) is 9.59 Å². The molecule has 0 unspecified atom stereocenters. The van der Waals surface area contributed by atoms with E-state index in [4.69, 9.17) is 15.2 Å². The van der Waals surface area contributed by atoms with Gasteiger partial charge in [0.2, 0.25) is 0 Å². The normalized spacial score (nSPS) is 13.3. The third-order valence-corrected chi connectivity index (χ3v) is 4.93. The number of carbonyl (C=O) groups is 2. The maximum atomic E-state index is 12.9. The van der Waals surface area contributed by atoms with Gasteiger partial charge in [-0.3, -0.25) is 0 Å². The number of aliphatic hydroxyl groups excluding tert-OH is 1. The van der Waals surface area contributed by atoms with Crippen LogP contribution in [0.5, 0.6) is 0 Å². The molecule has 8 nitrogen and oxygen atoms in total. The number of nitrogens with zero attached hydrogens (tertiary/aromatic N) is 1. The van der Waals surface area contributed by atoms with E-state index in [1.807, 2.05) is 51.1 Å². The Balaban J connectivity index is 2.64. The van der Waals surface area contributed by atoms with E-state index in [1.54, 1.807) is 4.90 Å². The summed E-state index contributed by atoms with van der Waals surface area (Å²) in [6, 6.07) is 8.85. The second-order valence-electron chi connectivity index (χ2n) is 9.84. The van der Waals surface area contributed by atoms with Crippen molar-refractivity contribution < 1.29 is 24.2 Å². The molecule has 0 spiro atoms. The van der Waals surface area contributed by atoms with Crippen molar-refractivity contribution in [2.75, 3.05) is 19.7 Å². The Morgan fingerprint density at radius 1 is 1.15 bits per heavy atom. The van der Waals surface area contributed by atoms with E-state index in [-0.39, 0.29) is 19.3 Å². The lowest BCUT2D eigenvalue weighted by Gasteiger charge is -2.32. The van der Waals surface area contributed by atoms with Crippen molar-refractivity contribution in [2.45, 2.75) is 84.6 Å². The van der Waals surface area contributed by atoms with Crippen LogP contribution in [0.25, 0.3) is 0 Å². The molecule has 33 heavy (non-hydrogen) atoms. The van der Waals surface area contributed by atoms with Gasteiger partial charge >= 0.3 is 12.2 Å². The van der Waals surface area contributed by atoms with Crippen molar-refractivity contribution in [3.05, 3.63) is 35.9 Å². The number of hydrogen-bond donors (Lipinski definition) is 3. The van der Waals surface area contributed by atoms with Crippen LogP contribution in [-0.2, 0) is 16.1 Å². The average Bonchev–Trinajstić information content (AvgIpc) is 2.72. The third kappa shape index (κ3) is 13.1. The molecule has 0 aliphatic carbocycles. The molecule has 0 saturated heterocycles. The molecule has 1 rings (SSSR count). The number of amides is 2. The van der Waals surface area contributed by atoms with Gasteiger partial charge in [0.15, 0.2) is 0 Å². The van der Waals surface area contributed by atoms with Crippen molar-refractivity contribution in [2.24, 2.45) is 11.7 Å². The Labute approximate surface area is 198 Å². The van der Waals surface area contributed by atoms with Gasteiger partial charge < -0.3 is 30.5 Å². The molecule has 8 heteroatoms. The van der Waals surface area contributed by atoms with Gasteiger partial charge in [0, 0.05) is 19.1 Å². The monoisotopic (exact) mass is 465 g/mol. The number of ether oxygens (including phenoxy) is 2. The molecule has 2 atom stereocenters. The van der Waals surface area contributed by atoms with Crippen molar-refractivity contribution in [1.29, 1.82) is 0 Å². The largest absolute Gasteiger partial charge is 0.445 e. The number of alkyl carbamates (subject to hydrolysis) is 1. The molecular weight excluding hydrogens is 422 g/mol. The summed E-state index contributed by atoms with van der Waals surface area (Å²) in [7, 11) is 0. The van der Waals surface area contributed by atoms with E-state index >= 15 is 0 Å². The predicted molar refractivity (Wildman–Crippen MR) is 130 cm³/mol. The van der Waals surface area contributed by atoms with E-state index in [2.05, 4.69) is 19.2 Å². The summed E-state index contributed by atoms with van der Waals surface area (Å²) < 4.78 is 10.8. The van der Waals surface area contributed by atoms with Gasteiger partial charge in [-0.15, -0.1) is 0 Å². The average molecular weight is 466 g/mol. The maximum Gasteiger partial charge on any atom is 0.410 e. The highest BCUT2D eigenvalue weighted by Crippen LogP contribution is 2.15. The number of unbranched alkanes of at least 4 members (excludes halogenated alkanes) is 1. The van der Waals surface area contributed by atoms with Gasteiger partial charge in [-0.05, 0) is 57.9 Å². The van der Waals surface area contributed by atoms with Crippen LogP contribution in [0, 0.1) is 5.92 Å². The number of aliphatic hydroxyl groups is 1. The quantitative estimate of drug-likeness (QED) is 0.379. The number of nitrogens with two attached hydrogens (primary N) is 1. The molecule has 0 bridgehead atoms. The summed E-state index contributed by atoms with van der Waals surface area (Å²) in [6.45, 7) is 10.3. The lowest BCUT2D eigenvalue weighted by molar-refractivity contribution is 0.0524. The van der Waals surface area contributed by atoms with E-state index in [0.717, 1.165) is 12.0 Å². The molecule has 0 aliphatic heterocycles. The van der Waals surface area contributed by atoms with Crippen LogP contribution in [0.1, 0.15) is 65.9 Å². The molecule has 0 saturated carbocycles. The minimum Gasteiger partial charge on any atom is -0.445 e. The van der Waals surface area contributed by atoms with E-state index in [1.165, 1.54) is 0 Å². The van der Waals surface area contributed by atoms with Crippen molar-refractivity contribution in [3.8, 4) is 0 Å². The zero-order chi connectivity index (χ0) is 24.9. The van der Waals surface area contributed by atoms with Gasteiger partial charge in [-0.1, -0.05) is 44.2 Å². The molecule has 2 amide bonds. The molecule has 188 valence electrons. The first-order valence-electron chi connectivity index (χ1n) is 11.8. The molecule has 0 aromatic heterocycles. The van der Waals surface area contributed by atoms with E-state index in [0.29, 0.717) is 38.3 Å². The summed E-state index contributed by atoms with van der Waals surface area (Å²) in [4.78, 5) is 26.2. The highest BCUT2D eigenvalue weighted by atomic mass is 16.6. The number of benzene rings is 1. The van der Waals surface area contributed by atoms with Crippen LogP contribution in [-0.4, -0.2) is 59.6 Å². The fourth-order valence-corrected chi connectivity index (χ4v) is 3.46. The minimum atomic E-state index is -0.540. The lowest BCUT2D eigenvalue weighted by atomic mass is 10.0. The van der Waals surface area contributed by atoms with Gasteiger partial charge in [0.25, 0.3) is 0 Å². The molecule has 1 aromatic carbocycles. The number of hydrogen-bond acceptors (Lipinski definition) is 6. The Kier molecular flexibility index (Phi) is 12.8. The fourth-order valence-electron chi connectivity index (χ4n) is 3.46. The van der Waals surface area contributed by atoms with Gasteiger partial charge in [-0.2, -0.15) is 0 Å². The Bertz CT molecular complexity index is 691. The number of nitrogens with one attached hydrogen (secondary N) is 1. The maximum absolute atomic E-state index is 12.9. The lowest BCUT2D eigenvalue weighted by Crippen LogP contribution is -2.49. The first kappa shape index (κ1) is 28.7. The highest BCUT2D eigenvalue weighted by Gasteiger charge is 2.26. The summed E-state index contributed by atoms with van der Waals surface area (Å²) >= 11 is 0. The molecule has 4 N–H and O–H groups in total. The SMILES string of the molecule is CC(C)C[C@@H](N)CN(C(=O)OCc1ccccc1)[C@H](CO)CCCCNC(=O)OC(C)(C)C. The van der Waals surface area contributed by atoms with Crippen LogP contribution >= 0.6 is 0 Å². The van der Waals surface area contributed by atoms with E-state index < -0.39 is 23.8 Å². The smallest absolute Gasteiger partial charge is 0.410 e. The minimum absolute atomic E-state index is 0.160. The molecule has 0 aliphatic rings. The Morgan fingerprint density at radius 3 is 2.39 bits per heavy atom. The second-order valence-corrected chi connectivity index (χ2v) is 9.84. The van der Waals surface area contributed by atoms with Crippen molar-refractivity contribution >= 4 is 12.2 Å². The third-order valence-electron chi connectivity index (χ3n) is 4.93. The molecule has 0 radical (unpaired) electrons. The van der Waals surface area contributed by atoms with Gasteiger partial charge in [-0.25, -0.2) is 9.59 Å². The van der Waals surface area contributed by atoms with E-state index in [9.17, 15) is 14.7 Å². The molecule has 0 fully saturated rings. The molecule has 0 heterocycles. The summed E-state index contributed by atoms with van der Waals surface area (Å²) in [5.74, 6) is 0.397. The van der Waals surface area contributed by atoms with Gasteiger partial charge in [0.1, 0.15) is 12.2 Å². The first-order valence-corrected chi connectivity index (χ1v) is 11.8. The Hall–Kier alpha value is -2.32. The standard InChI is InChI=1S/C25H43N3O5/c1-19(2)15-21(26)16-28(24(31)32-18-20-11-7-6-8-12-20)22(17-29)13-9-10-14-27-23(30)33-25(3,4)5/h6-8,11-12,19,21-22,29H,9-10,13-18,26H2,1-5H3,(H,27,30)/t21-,22+/m1/s1. The Morgan fingerprint density at radius 2 is 1.82 bits per heavy atom. The van der Waals surface area contributed by atoms with Crippen molar-refractivity contribution in [1.82, 2.24) is 10.2 Å². The summed E-state index contributed by atoms with van der Waals surface area (Å²) in [6.07, 6.45) is 1.81. The first-order chi connectivity index (χ1) is 15.5. The zero-order valence-electron chi connectivity index (χ0n) is 20.9. The van der Waals surface area contributed by atoms with Crippen LogP contribution < -0.4 is 11.1 Å². The van der Waals surface area contributed by atoms with Crippen LogP contribution in [0.15, 0.2) is 30.3 Å². The zero-order valence-corrected chi connectivity index (χ0v) is 20.9. The predicted octanol–water partition coefficient (Wildman–Crippen LogP) is 4.05. The summed E-state index contributed by atoms with van der Waals surface area (Å²) in [5.41, 5.74) is 6.63. The summed E-state index contributed by atoms with van der Waals surface area (Å²) in [5, 5.41) is 12.7. The van der Waals surface area contributed by atoms with Crippen molar-refractivity contribution in [3.63, 3.8) is 0 Å². The van der Waals surface area contributed by atoms with Crippen LogP contribution in [0.3, 0.4) is 0 Å². The van der Waals surface area contributed by atoms with Crippen LogP contribution in [0.2, 0.25) is 0 Å². The topological polar surface area (TPSA) is 114 Å².